The Kier molecular flexibility index (Phi) is 5.73. The van der Waals surface area contributed by atoms with E-state index in [1.165, 1.54) is 23.5 Å². The van der Waals surface area contributed by atoms with Crippen LogP contribution in [-0.4, -0.2) is 33.1 Å². The van der Waals surface area contributed by atoms with Crippen molar-refractivity contribution in [3.05, 3.63) is 29.0 Å². The minimum atomic E-state index is -0.421. The molecule has 23 heavy (non-hydrogen) atoms. The maximum Gasteiger partial charge on any atom is 0.237 e. The zero-order valence-corrected chi connectivity index (χ0v) is 14.6. The summed E-state index contributed by atoms with van der Waals surface area (Å²) in [4.78, 5) is 12.4. The van der Waals surface area contributed by atoms with Crippen molar-refractivity contribution in [3.8, 4) is 5.75 Å². The second-order valence-corrected chi connectivity index (χ2v) is 6.46. The molecule has 0 saturated carbocycles. The number of methoxy groups -OCH3 is 1. The van der Waals surface area contributed by atoms with Crippen molar-refractivity contribution in [3.63, 3.8) is 0 Å². The monoisotopic (exact) mass is 355 g/mol. The third-order valence-electron chi connectivity index (χ3n) is 3.12. The summed E-state index contributed by atoms with van der Waals surface area (Å²) >= 11 is 7.19. The first-order valence-electron chi connectivity index (χ1n) is 6.96. The molecule has 0 fully saturated rings. The van der Waals surface area contributed by atoms with Gasteiger partial charge in [0.25, 0.3) is 0 Å². The number of ether oxygens (including phenoxy) is 1. The SMILES string of the molecule is CCc1nnc(S[C@H](C)C(=O)Nc2cc(Cl)ccc2OC)n1N. The quantitative estimate of drug-likeness (QED) is 0.610. The Morgan fingerprint density at radius 1 is 1.52 bits per heavy atom. The summed E-state index contributed by atoms with van der Waals surface area (Å²) in [6.45, 7) is 3.70. The van der Waals surface area contributed by atoms with E-state index in [-0.39, 0.29) is 5.91 Å². The van der Waals surface area contributed by atoms with E-state index in [2.05, 4.69) is 15.5 Å². The molecule has 0 radical (unpaired) electrons. The van der Waals surface area contributed by atoms with Crippen LogP contribution in [0.4, 0.5) is 5.69 Å². The van der Waals surface area contributed by atoms with Gasteiger partial charge in [0, 0.05) is 11.4 Å². The lowest BCUT2D eigenvalue weighted by Gasteiger charge is -2.14. The van der Waals surface area contributed by atoms with Crippen LogP contribution in [0.2, 0.25) is 5.02 Å². The van der Waals surface area contributed by atoms with Crippen molar-refractivity contribution >= 4 is 35.0 Å². The highest BCUT2D eigenvalue weighted by Crippen LogP contribution is 2.29. The Balaban J connectivity index is 2.08. The van der Waals surface area contributed by atoms with E-state index in [0.717, 1.165) is 0 Å². The van der Waals surface area contributed by atoms with Crippen molar-refractivity contribution in [2.24, 2.45) is 0 Å². The van der Waals surface area contributed by atoms with Crippen LogP contribution in [0.5, 0.6) is 5.75 Å². The van der Waals surface area contributed by atoms with Gasteiger partial charge in [0.15, 0.2) is 5.82 Å². The molecule has 1 heterocycles. The number of benzene rings is 1. The van der Waals surface area contributed by atoms with Gasteiger partial charge in [0.05, 0.1) is 18.0 Å². The first-order chi connectivity index (χ1) is 11.0. The first-order valence-corrected chi connectivity index (χ1v) is 8.22. The molecule has 0 bridgehead atoms. The number of nitrogens with one attached hydrogen (secondary N) is 1. The van der Waals surface area contributed by atoms with Crippen molar-refractivity contribution in [1.82, 2.24) is 14.9 Å². The van der Waals surface area contributed by atoms with Crippen LogP contribution in [-0.2, 0) is 11.2 Å². The highest BCUT2D eigenvalue weighted by molar-refractivity contribution is 8.00. The molecule has 0 saturated heterocycles. The Morgan fingerprint density at radius 3 is 2.87 bits per heavy atom. The van der Waals surface area contributed by atoms with Crippen molar-refractivity contribution < 1.29 is 9.53 Å². The van der Waals surface area contributed by atoms with Crippen LogP contribution in [0.1, 0.15) is 19.7 Å². The Bertz CT molecular complexity index is 706. The Labute approximate surface area is 143 Å². The fraction of sp³-hybridized carbons (Fsp3) is 0.357. The second kappa shape index (κ2) is 7.56. The number of carbonyl (C=O) groups excluding carboxylic acids is 1. The van der Waals surface area contributed by atoms with Crippen LogP contribution in [0.25, 0.3) is 0 Å². The minimum Gasteiger partial charge on any atom is -0.495 e. The second-order valence-electron chi connectivity index (χ2n) is 4.72. The van der Waals surface area contributed by atoms with E-state index in [1.54, 1.807) is 25.1 Å². The first kappa shape index (κ1) is 17.4. The zero-order valence-electron chi connectivity index (χ0n) is 13.0. The van der Waals surface area contributed by atoms with Gasteiger partial charge in [-0.2, -0.15) is 0 Å². The lowest BCUT2D eigenvalue weighted by atomic mass is 10.3. The number of nitrogens with two attached hydrogens (primary N) is 1. The largest absolute Gasteiger partial charge is 0.495 e. The molecule has 2 aromatic rings. The van der Waals surface area contributed by atoms with Gasteiger partial charge in [0.2, 0.25) is 11.1 Å². The van der Waals surface area contributed by atoms with E-state index < -0.39 is 5.25 Å². The fourth-order valence-electron chi connectivity index (χ4n) is 1.85. The van der Waals surface area contributed by atoms with Gasteiger partial charge < -0.3 is 15.9 Å². The number of anilines is 1. The van der Waals surface area contributed by atoms with Gasteiger partial charge in [-0.05, 0) is 25.1 Å². The summed E-state index contributed by atoms with van der Waals surface area (Å²) in [6, 6.07) is 5.02. The summed E-state index contributed by atoms with van der Waals surface area (Å²) < 4.78 is 6.61. The van der Waals surface area contributed by atoms with Crippen molar-refractivity contribution in [2.75, 3.05) is 18.3 Å². The van der Waals surface area contributed by atoms with Crippen LogP contribution < -0.4 is 15.9 Å². The molecule has 1 aromatic carbocycles. The number of nitrogen functional groups attached to an aromatic ring is 1. The minimum absolute atomic E-state index is 0.211. The van der Waals surface area contributed by atoms with Gasteiger partial charge in [-0.25, -0.2) is 4.68 Å². The summed E-state index contributed by atoms with van der Waals surface area (Å²) in [5.41, 5.74) is 0.515. The molecule has 0 aliphatic carbocycles. The number of thioether (sulfide) groups is 1. The van der Waals surface area contributed by atoms with E-state index in [9.17, 15) is 4.79 Å². The Morgan fingerprint density at radius 2 is 2.26 bits per heavy atom. The number of hydrogen-bond donors (Lipinski definition) is 2. The average molecular weight is 356 g/mol. The fourth-order valence-corrected chi connectivity index (χ4v) is 2.81. The van der Waals surface area contributed by atoms with Crippen molar-refractivity contribution in [1.29, 1.82) is 0 Å². The van der Waals surface area contributed by atoms with Crippen LogP contribution >= 0.6 is 23.4 Å². The maximum atomic E-state index is 12.4. The molecular weight excluding hydrogens is 338 g/mol. The highest BCUT2D eigenvalue weighted by atomic mass is 35.5. The van der Waals surface area contributed by atoms with Gasteiger partial charge in [-0.15, -0.1) is 10.2 Å². The number of rotatable bonds is 6. The molecule has 0 spiro atoms. The predicted molar refractivity (Wildman–Crippen MR) is 91.5 cm³/mol. The Hall–Kier alpha value is -1.93. The van der Waals surface area contributed by atoms with Gasteiger partial charge in [-0.1, -0.05) is 30.3 Å². The number of carbonyl (C=O) groups is 1. The summed E-state index contributed by atoms with van der Waals surface area (Å²) in [5.74, 6) is 6.87. The number of nitrogens with zero attached hydrogens (tertiary/aromatic N) is 3. The molecule has 3 N–H and O–H groups in total. The smallest absolute Gasteiger partial charge is 0.237 e. The number of aromatic nitrogens is 3. The molecule has 124 valence electrons. The average Bonchev–Trinajstić information content (AvgIpc) is 2.87. The standard InChI is InChI=1S/C14H18ClN5O2S/c1-4-12-18-19-14(20(12)16)23-8(2)13(21)17-10-7-9(15)5-6-11(10)22-3/h5-8H,4,16H2,1-3H3,(H,17,21)/t8-/m1/s1. The number of aryl methyl sites for hydroxylation is 1. The maximum absolute atomic E-state index is 12.4. The summed E-state index contributed by atoms with van der Waals surface area (Å²) in [7, 11) is 1.53. The molecule has 0 unspecified atom stereocenters. The third-order valence-corrected chi connectivity index (χ3v) is 4.41. The molecule has 1 amide bonds. The van der Waals surface area contributed by atoms with Crippen LogP contribution in [0, 0.1) is 0 Å². The van der Waals surface area contributed by atoms with E-state index in [1.807, 2.05) is 6.92 Å². The molecule has 1 atom stereocenters. The molecular formula is C14H18ClN5O2S. The summed E-state index contributed by atoms with van der Waals surface area (Å²) in [5, 5.41) is 11.3. The lowest BCUT2D eigenvalue weighted by molar-refractivity contribution is -0.115. The molecule has 9 heteroatoms. The number of amides is 1. The molecule has 1 aromatic heterocycles. The lowest BCUT2D eigenvalue weighted by Crippen LogP contribution is -2.24. The highest BCUT2D eigenvalue weighted by Gasteiger charge is 2.20. The molecule has 2 rings (SSSR count). The third kappa shape index (κ3) is 4.08. The number of halogens is 1. The molecule has 7 nitrogen and oxygen atoms in total. The van der Waals surface area contributed by atoms with Crippen LogP contribution in [0.15, 0.2) is 23.4 Å². The normalized spacial score (nSPS) is 12.0. The van der Waals surface area contributed by atoms with Gasteiger partial charge in [-0.3, -0.25) is 4.79 Å². The van der Waals surface area contributed by atoms with E-state index in [0.29, 0.717) is 33.9 Å². The molecule has 0 aliphatic rings. The van der Waals surface area contributed by atoms with Gasteiger partial charge in [0.1, 0.15) is 5.75 Å². The van der Waals surface area contributed by atoms with E-state index >= 15 is 0 Å². The topological polar surface area (TPSA) is 95.1 Å². The zero-order chi connectivity index (χ0) is 17.0. The van der Waals surface area contributed by atoms with Crippen molar-refractivity contribution in [2.45, 2.75) is 30.7 Å². The van der Waals surface area contributed by atoms with E-state index in [4.69, 9.17) is 22.2 Å². The number of hydrogen-bond acceptors (Lipinski definition) is 6. The van der Waals surface area contributed by atoms with Gasteiger partial charge >= 0.3 is 0 Å². The molecule has 0 aliphatic heterocycles. The summed E-state index contributed by atoms with van der Waals surface area (Å²) in [6.07, 6.45) is 0.671. The van der Waals surface area contributed by atoms with Crippen LogP contribution in [0.3, 0.4) is 0 Å². The predicted octanol–water partition coefficient (Wildman–Crippen LogP) is 2.34.